The molecule has 0 aromatic rings. The van der Waals surface area contributed by atoms with Crippen LogP contribution in [0.25, 0.3) is 0 Å². The van der Waals surface area contributed by atoms with Gasteiger partial charge in [-0.3, -0.25) is 4.79 Å². The third-order valence-electron chi connectivity index (χ3n) is 3.21. The Labute approximate surface area is 85.5 Å². The number of hydrogen-bond donors (Lipinski definition) is 1. The predicted octanol–water partition coefficient (Wildman–Crippen LogP) is 1.74. The molecule has 3 heteroatoms. The summed E-state index contributed by atoms with van der Waals surface area (Å²) in [7, 11) is 1.40. The Morgan fingerprint density at radius 3 is 2.50 bits per heavy atom. The van der Waals surface area contributed by atoms with Crippen molar-refractivity contribution >= 4 is 5.97 Å². The van der Waals surface area contributed by atoms with Crippen LogP contribution in [-0.2, 0) is 9.53 Å². The summed E-state index contributed by atoms with van der Waals surface area (Å²) >= 11 is 0. The van der Waals surface area contributed by atoms with E-state index in [1.807, 2.05) is 6.92 Å². The lowest BCUT2D eigenvalue weighted by Crippen LogP contribution is -2.34. The number of rotatable bonds is 4. The number of ether oxygens (including phenoxy) is 1. The highest BCUT2D eigenvalue weighted by Crippen LogP contribution is 2.34. The molecule has 0 amide bonds. The summed E-state index contributed by atoms with van der Waals surface area (Å²) in [4.78, 5) is 11.5. The van der Waals surface area contributed by atoms with Crippen LogP contribution in [0.15, 0.2) is 0 Å². The number of hydrogen-bond acceptors (Lipinski definition) is 3. The van der Waals surface area contributed by atoms with Crippen molar-refractivity contribution in [3.8, 4) is 0 Å². The van der Waals surface area contributed by atoms with Crippen molar-refractivity contribution in [2.45, 2.75) is 45.1 Å². The van der Waals surface area contributed by atoms with Gasteiger partial charge < -0.3 is 9.84 Å². The third-order valence-corrected chi connectivity index (χ3v) is 3.21. The van der Waals surface area contributed by atoms with Gasteiger partial charge >= 0.3 is 5.97 Å². The van der Waals surface area contributed by atoms with E-state index in [0.29, 0.717) is 12.3 Å². The first-order valence-corrected chi connectivity index (χ1v) is 5.46. The molecule has 0 unspecified atom stereocenters. The number of esters is 1. The number of aliphatic hydroxyl groups is 1. The lowest BCUT2D eigenvalue weighted by molar-refractivity contribution is -0.152. The van der Waals surface area contributed by atoms with E-state index < -0.39 is 6.10 Å². The van der Waals surface area contributed by atoms with Gasteiger partial charge in [0.25, 0.3) is 0 Å². The van der Waals surface area contributed by atoms with E-state index in [1.54, 1.807) is 0 Å². The average Bonchev–Trinajstić information content (AvgIpc) is 2.70. The van der Waals surface area contributed by atoms with Crippen LogP contribution in [0.1, 0.15) is 39.0 Å². The van der Waals surface area contributed by atoms with Crippen molar-refractivity contribution in [1.82, 2.24) is 0 Å². The van der Waals surface area contributed by atoms with Crippen LogP contribution < -0.4 is 0 Å². The molecule has 0 heterocycles. The number of methoxy groups -OCH3 is 1. The molecule has 0 aromatic carbocycles. The van der Waals surface area contributed by atoms with Crippen LogP contribution in [0.4, 0.5) is 0 Å². The molecular formula is C11H20O3. The highest BCUT2D eigenvalue weighted by Gasteiger charge is 2.35. The van der Waals surface area contributed by atoms with E-state index >= 15 is 0 Å². The smallest absolute Gasteiger partial charge is 0.311 e. The molecule has 82 valence electrons. The average molecular weight is 200 g/mol. The quantitative estimate of drug-likeness (QED) is 0.703. The van der Waals surface area contributed by atoms with Crippen molar-refractivity contribution in [2.24, 2.45) is 11.8 Å². The van der Waals surface area contributed by atoms with Gasteiger partial charge in [-0.1, -0.05) is 19.8 Å². The van der Waals surface area contributed by atoms with E-state index in [1.165, 1.54) is 20.0 Å². The van der Waals surface area contributed by atoms with E-state index in [0.717, 1.165) is 12.8 Å². The van der Waals surface area contributed by atoms with Crippen molar-refractivity contribution in [1.29, 1.82) is 0 Å². The maximum atomic E-state index is 11.5. The fourth-order valence-electron chi connectivity index (χ4n) is 2.37. The van der Waals surface area contributed by atoms with Gasteiger partial charge in [0.05, 0.1) is 19.1 Å². The minimum atomic E-state index is -0.537. The Bertz CT molecular complexity index is 185. The van der Waals surface area contributed by atoms with Crippen LogP contribution in [0, 0.1) is 11.8 Å². The molecule has 0 radical (unpaired) electrons. The minimum Gasteiger partial charge on any atom is -0.469 e. The molecule has 1 aliphatic rings. The highest BCUT2D eigenvalue weighted by atomic mass is 16.5. The zero-order chi connectivity index (χ0) is 10.6. The van der Waals surface area contributed by atoms with Gasteiger partial charge in [-0.05, 0) is 25.2 Å². The van der Waals surface area contributed by atoms with Gasteiger partial charge in [0.1, 0.15) is 0 Å². The summed E-state index contributed by atoms with van der Waals surface area (Å²) in [5.41, 5.74) is 0. The van der Waals surface area contributed by atoms with Crippen LogP contribution in [0.2, 0.25) is 0 Å². The Morgan fingerprint density at radius 2 is 2.07 bits per heavy atom. The third kappa shape index (κ3) is 2.47. The molecule has 1 N–H and O–H groups in total. The lowest BCUT2D eigenvalue weighted by Gasteiger charge is -2.24. The summed E-state index contributed by atoms with van der Waals surface area (Å²) in [5, 5.41) is 9.78. The summed E-state index contributed by atoms with van der Waals surface area (Å²) in [5.74, 6) is -0.212. The largest absolute Gasteiger partial charge is 0.469 e. The summed E-state index contributed by atoms with van der Waals surface area (Å²) in [6.07, 6.45) is 4.54. The Morgan fingerprint density at radius 1 is 1.50 bits per heavy atom. The molecule has 1 saturated carbocycles. The molecule has 1 fully saturated rings. The second kappa shape index (κ2) is 5.35. The Balaban J connectivity index is 2.64. The monoisotopic (exact) mass is 200 g/mol. The van der Waals surface area contributed by atoms with E-state index in [9.17, 15) is 9.90 Å². The molecule has 14 heavy (non-hydrogen) atoms. The molecular weight excluding hydrogens is 180 g/mol. The van der Waals surface area contributed by atoms with Crippen molar-refractivity contribution < 1.29 is 14.6 Å². The number of carbonyl (C=O) groups is 1. The lowest BCUT2D eigenvalue weighted by atomic mass is 9.85. The minimum absolute atomic E-state index is 0.244. The molecule has 0 aromatic heterocycles. The molecule has 0 bridgehead atoms. The van der Waals surface area contributed by atoms with E-state index in [4.69, 9.17) is 4.74 Å². The standard InChI is InChI=1S/C11H20O3/c1-3-9(12)10(11(13)14-2)8-6-4-5-7-8/h8-10,12H,3-7H2,1-2H3/t9-,10-/m1/s1. The van der Waals surface area contributed by atoms with Crippen molar-refractivity contribution in [3.05, 3.63) is 0 Å². The van der Waals surface area contributed by atoms with Crippen molar-refractivity contribution in [2.75, 3.05) is 7.11 Å². The molecule has 3 nitrogen and oxygen atoms in total. The first-order valence-electron chi connectivity index (χ1n) is 5.46. The van der Waals surface area contributed by atoms with Gasteiger partial charge in [0, 0.05) is 0 Å². The van der Waals surface area contributed by atoms with Gasteiger partial charge in [-0.25, -0.2) is 0 Å². The number of carbonyl (C=O) groups excluding carboxylic acids is 1. The normalized spacial score (nSPS) is 21.9. The van der Waals surface area contributed by atoms with Crippen LogP contribution >= 0.6 is 0 Å². The Kier molecular flexibility index (Phi) is 4.39. The molecule has 1 rings (SSSR count). The van der Waals surface area contributed by atoms with Crippen molar-refractivity contribution in [3.63, 3.8) is 0 Å². The molecule has 0 aliphatic heterocycles. The second-order valence-electron chi connectivity index (χ2n) is 4.07. The van der Waals surface area contributed by atoms with E-state index in [-0.39, 0.29) is 11.9 Å². The van der Waals surface area contributed by atoms with Gasteiger partial charge in [0.2, 0.25) is 0 Å². The second-order valence-corrected chi connectivity index (χ2v) is 4.07. The fourth-order valence-corrected chi connectivity index (χ4v) is 2.37. The molecule has 0 saturated heterocycles. The topological polar surface area (TPSA) is 46.5 Å². The number of aliphatic hydroxyl groups excluding tert-OH is 1. The van der Waals surface area contributed by atoms with Crippen LogP contribution in [0.5, 0.6) is 0 Å². The summed E-state index contributed by atoms with van der Waals surface area (Å²) < 4.78 is 4.75. The maximum absolute atomic E-state index is 11.5. The predicted molar refractivity (Wildman–Crippen MR) is 53.8 cm³/mol. The van der Waals surface area contributed by atoms with Gasteiger partial charge in [0.15, 0.2) is 0 Å². The maximum Gasteiger partial charge on any atom is 0.311 e. The first kappa shape index (κ1) is 11.5. The Hall–Kier alpha value is -0.570. The zero-order valence-corrected chi connectivity index (χ0v) is 9.03. The van der Waals surface area contributed by atoms with E-state index in [2.05, 4.69) is 0 Å². The molecule has 2 atom stereocenters. The SMILES string of the molecule is CC[C@@H](O)[C@H](C(=O)OC)C1CCCC1. The fraction of sp³-hybridized carbons (Fsp3) is 0.909. The molecule has 0 spiro atoms. The summed E-state index contributed by atoms with van der Waals surface area (Å²) in [6, 6.07) is 0. The summed E-state index contributed by atoms with van der Waals surface area (Å²) in [6.45, 7) is 1.90. The van der Waals surface area contributed by atoms with Gasteiger partial charge in [-0.15, -0.1) is 0 Å². The van der Waals surface area contributed by atoms with Crippen LogP contribution in [-0.4, -0.2) is 24.3 Å². The first-order chi connectivity index (χ1) is 6.70. The zero-order valence-electron chi connectivity index (χ0n) is 9.03. The van der Waals surface area contributed by atoms with Crippen LogP contribution in [0.3, 0.4) is 0 Å². The van der Waals surface area contributed by atoms with Gasteiger partial charge in [-0.2, -0.15) is 0 Å². The highest BCUT2D eigenvalue weighted by molar-refractivity contribution is 5.73. The molecule has 1 aliphatic carbocycles.